The Morgan fingerprint density at radius 1 is 1.00 bits per heavy atom. The average Bonchev–Trinajstić information content (AvgIpc) is 2.78. The van der Waals surface area contributed by atoms with Gasteiger partial charge >= 0.3 is 5.97 Å². The predicted molar refractivity (Wildman–Crippen MR) is 125 cm³/mol. The van der Waals surface area contributed by atoms with Crippen LogP contribution in [0.3, 0.4) is 0 Å². The summed E-state index contributed by atoms with van der Waals surface area (Å²) in [6.07, 6.45) is 2.03. The molecule has 0 saturated heterocycles. The van der Waals surface area contributed by atoms with Crippen molar-refractivity contribution in [2.45, 2.75) is 31.4 Å². The molecule has 2 atom stereocenters. The molecule has 31 heavy (non-hydrogen) atoms. The van der Waals surface area contributed by atoms with Crippen LogP contribution in [0.1, 0.15) is 35.6 Å². The van der Waals surface area contributed by atoms with Crippen molar-refractivity contribution >= 4 is 30.2 Å². The van der Waals surface area contributed by atoms with Crippen molar-refractivity contribution in [1.82, 2.24) is 0 Å². The number of aryl methyl sites for hydroxylation is 1. The van der Waals surface area contributed by atoms with Crippen LogP contribution in [0.15, 0.2) is 78.9 Å². The van der Waals surface area contributed by atoms with E-state index < -0.39 is 17.6 Å². The van der Waals surface area contributed by atoms with Gasteiger partial charge in [0.05, 0.1) is 6.04 Å². The second-order valence-electron chi connectivity index (χ2n) is 7.17. The summed E-state index contributed by atoms with van der Waals surface area (Å²) in [7, 11) is 0. The summed E-state index contributed by atoms with van der Waals surface area (Å²) in [5.41, 5.74) is 8.17. The number of nitrogens with two attached hydrogens (primary N) is 1. The molecule has 0 spiro atoms. The molecule has 2 N–H and O–H groups in total. The fourth-order valence-electron chi connectivity index (χ4n) is 3.56. The molecule has 3 aromatic rings. The zero-order valence-electron chi connectivity index (χ0n) is 17.2. The number of carbonyl (C=O) groups is 1. The Morgan fingerprint density at radius 2 is 1.58 bits per heavy atom. The van der Waals surface area contributed by atoms with Gasteiger partial charge in [0.25, 0.3) is 0 Å². The number of carbonyl (C=O) groups excluding carboxylic acids is 1. The smallest absolute Gasteiger partial charge is 0.322 e. The van der Waals surface area contributed by atoms with E-state index in [9.17, 15) is 4.79 Å². The van der Waals surface area contributed by atoms with E-state index in [1.54, 1.807) is 6.07 Å². The fraction of sp³-hybridized carbons (Fsp3) is 0.240. The van der Waals surface area contributed by atoms with Crippen LogP contribution in [-0.4, -0.2) is 17.8 Å². The molecule has 166 valence electrons. The van der Waals surface area contributed by atoms with E-state index in [1.807, 2.05) is 60.7 Å². The average molecular weight is 545 g/mol. The van der Waals surface area contributed by atoms with Crippen molar-refractivity contribution in [3.05, 3.63) is 106 Å². The van der Waals surface area contributed by atoms with Gasteiger partial charge in [0, 0.05) is 42.1 Å². The topological polar surface area (TPSA) is 52.3 Å². The minimum Gasteiger partial charge on any atom is -0.791 e. The Hall–Kier alpha value is -1.61. The van der Waals surface area contributed by atoms with Crippen molar-refractivity contribution in [2.75, 3.05) is 5.75 Å². The summed E-state index contributed by atoms with van der Waals surface area (Å²) in [6, 6.07) is 24.2. The minimum atomic E-state index is -1.25. The van der Waals surface area contributed by atoms with Crippen molar-refractivity contribution < 1.29 is 30.0 Å². The number of hydrogen-bond acceptors (Lipinski definition) is 4. The maximum atomic E-state index is 12.9. The van der Waals surface area contributed by atoms with Gasteiger partial charge in [-0.1, -0.05) is 97.7 Å². The third kappa shape index (κ3) is 5.61. The summed E-state index contributed by atoms with van der Waals surface area (Å²) >= 11 is 11.7. The molecule has 0 amide bonds. The molecule has 0 bridgehead atoms. The molecule has 0 aliphatic rings. The summed E-state index contributed by atoms with van der Waals surface area (Å²) in [4.78, 5) is 12.9. The number of rotatable bonds is 8. The molecular formula is C25H25ClNO2PdS-. The quantitative estimate of drug-likeness (QED) is 0.188. The number of hydrogen-bond donors (Lipinski definition) is 1. The fourth-order valence-corrected chi connectivity index (χ4v) is 3.96. The van der Waals surface area contributed by atoms with Gasteiger partial charge in [0.15, 0.2) is 5.60 Å². The Labute approximate surface area is 208 Å². The molecule has 2 unspecified atom stereocenters. The Kier molecular flexibility index (Phi) is 9.81. The second kappa shape index (κ2) is 11.9. The monoisotopic (exact) mass is 544 g/mol. The first-order valence-corrected chi connectivity index (χ1v) is 10.9. The Balaban J connectivity index is 0.00000341. The van der Waals surface area contributed by atoms with Gasteiger partial charge in [-0.25, -0.2) is 0 Å². The van der Waals surface area contributed by atoms with Gasteiger partial charge in [-0.3, -0.25) is 4.79 Å². The van der Waals surface area contributed by atoms with E-state index in [1.165, 1.54) is 5.56 Å². The first-order chi connectivity index (χ1) is 14.5. The van der Waals surface area contributed by atoms with E-state index in [4.69, 9.17) is 34.7 Å². The molecule has 0 aromatic heterocycles. The van der Waals surface area contributed by atoms with Crippen LogP contribution in [-0.2, 0) is 54.6 Å². The molecular weight excluding hydrogens is 520 g/mol. The SMILES string of the molecule is CCCc1ccc(C(OC(=O)C(N)C[S-])(c2ccccc2)c2ccccc2Cl)cc1.[Pd]. The molecule has 0 aliphatic carbocycles. The van der Waals surface area contributed by atoms with Crippen LogP contribution in [0.2, 0.25) is 5.02 Å². The van der Waals surface area contributed by atoms with Gasteiger partial charge in [-0.05, 0) is 18.1 Å². The van der Waals surface area contributed by atoms with Crippen molar-refractivity contribution in [2.24, 2.45) is 5.73 Å². The van der Waals surface area contributed by atoms with Gasteiger partial charge in [0.2, 0.25) is 0 Å². The zero-order valence-corrected chi connectivity index (χ0v) is 20.3. The van der Waals surface area contributed by atoms with Gasteiger partial charge in [-0.2, -0.15) is 5.75 Å². The number of ether oxygens (including phenoxy) is 1. The summed E-state index contributed by atoms with van der Waals surface area (Å²) in [6.45, 7) is 2.14. The van der Waals surface area contributed by atoms with Gasteiger partial charge in [-0.15, -0.1) is 0 Å². The van der Waals surface area contributed by atoms with E-state index in [2.05, 4.69) is 19.1 Å². The molecule has 0 saturated carbocycles. The number of esters is 1. The Bertz CT molecular complexity index is 984. The molecule has 3 aromatic carbocycles. The predicted octanol–water partition coefficient (Wildman–Crippen LogP) is 5.00. The van der Waals surface area contributed by atoms with Crippen molar-refractivity contribution in [3.8, 4) is 0 Å². The molecule has 3 rings (SSSR count). The number of halogens is 1. The van der Waals surface area contributed by atoms with Crippen LogP contribution < -0.4 is 5.73 Å². The third-order valence-electron chi connectivity index (χ3n) is 5.07. The van der Waals surface area contributed by atoms with Gasteiger partial charge in [0.1, 0.15) is 0 Å². The zero-order chi connectivity index (χ0) is 21.6. The summed E-state index contributed by atoms with van der Waals surface area (Å²) < 4.78 is 6.21. The molecule has 0 fully saturated rings. The maximum Gasteiger partial charge on any atom is 0.322 e. The van der Waals surface area contributed by atoms with Crippen LogP contribution in [0.5, 0.6) is 0 Å². The first-order valence-electron chi connectivity index (χ1n) is 9.99. The van der Waals surface area contributed by atoms with E-state index in [-0.39, 0.29) is 26.2 Å². The van der Waals surface area contributed by atoms with Crippen LogP contribution in [0.4, 0.5) is 0 Å². The van der Waals surface area contributed by atoms with Gasteiger partial charge < -0.3 is 23.1 Å². The molecule has 0 radical (unpaired) electrons. The standard InChI is InChI=1S/C25H26ClNO2S.Pd/c1-2-8-18-13-15-20(16-14-18)25(19-9-4-3-5-10-19,29-24(28)23(27)17-30)21-11-6-7-12-22(21)26;/h3-7,9-16,23,30H,2,8,17,27H2,1H3;/p-1. The van der Waals surface area contributed by atoms with Crippen molar-refractivity contribution in [3.63, 3.8) is 0 Å². The van der Waals surface area contributed by atoms with Crippen LogP contribution >= 0.6 is 11.6 Å². The normalized spacial score (nSPS) is 13.5. The molecule has 3 nitrogen and oxygen atoms in total. The van der Waals surface area contributed by atoms with E-state index in [0.717, 1.165) is 24.0 Å². The number of benzene rings is 3. The second-order valence-corrected chi connectivity index (χ2v) is 7.91. The summed E-state index contributed by atoms with van der Waals surface area (Å²) in [5.74, 6) is -0.492. The van der Waals surface area contributed by atoms with Crippen molar-refractivity contribution in [1.29, 1.82) is 0 Å². The maximum absolute atomic E-state index is 12.9. The van der Waals surface area contributed by atoms with E-state index in [0.29, 0.717) is 10.6 Å². The third-order valence-corrected chi connectivity index (χ3v) is 5.76. The summed E-state index contributed by atoms with van der Waals surface area (Å²) in [5, 5.41) is 0.499. The van der Waals surface area contributed by atoms with Crippen LogP contribution in [0.25, 0.3) is 0 Å². The Morgan fingerprint density at radius 3 is 2.16 bits per heavy atom. The molecule has 0 aliphatic heterocycles. The molecule has 6 heteroatoms. The minimum absolute atomic E-state index is 0. The first kappa shape index (κ1) is 25.7. The largest absolute Gasteiger partial charge is 0.791 e. The van der Waals surface area contributed by atoms with E-state index >= 15 is 0 Å². The molecule has 0 heterocycles. The van der Waals surface area contributed by atoms with Crippen LogP contribution in [0, 0.1) is 0 Å².